The molecule has 0 amide bonds. The molecule has 4 aliphatic heterocycles. The Morgan fingerprint density at radius 3 is 0.708 bits per heavy atom. The van der Waals surface area contributed by atoms with Gasteiger partial charge in [0.15, 0.2) is 69.5 Å². The first-order valence-electron chi connectivity index (χ1n) is 43.4. The van der Waals surface area contributed by atoms with Gasteiger partial charge in [-0.25, -0.2) is 45.1 Å². The van der Waals surface area contributed by atoms with Crippen molar-refractivity contribution in [1.29, 1.82) is 0 Å². The van der Waals surface area contributed by atoms with E-state index in [0.29, 0.717) is 11.1 Å². The van der Waals surface area contributed by atoms with Gasteiger partial charge in [-0.1, -0.05) is 83.9 Å². The summed E-state index contributed by atoms with van der Waals surface area (Å²) in [6, 6.07) is 33.8. The Balaban J connectivity index is 0.000000198. The van der Waals surface area contributed by atoms with E-state index in [0.717, 1.165) is 0 Å². The molecule has 4 unspecified atom stereocenters. The Morgan fingerprint density at radius 1 is 0.257 bits per heavy atom. The van der Waals surface area contributed by atoms with E-state index in [2.05, 4.69) is 39.9 Å². The Morgan fingerprint density at radius 2 is 0.465 bits per heavy atom. The van der Waals surface area contributed by atoms with Gasteiger partial charge in [-0.2, -0.15) is 35.1 Å². The number of hydrogen-bond acceptors (Lipinski definition) is 22. The second-order valence-corrected chi connectivity index (χ2v) is 33.4. The summed E-state index contributed by atoms with van der Waals surface area (Å²) < 4.78 is 280. The van der Waals surface area contributed by atoms with Crippen LogP contribution < -0.4 is 18.9 Å². The first kappa shape index (κ1) is 100. The Bertz CT molecular complexity index is 7400. The van der Waals surface area contributed by atoms with E-state index in [1.165, 1.54) is 133 Å². The molecule has 0 aliphatic carbocycles. The van der Waals surface area contributed by atoms with Crippen molar-refractivity contribution in [2.24, 2.45) is 0 Å². The third kappa shape index (κ3) is 18.3. The Labute approximate surface area is 799 Å². The van der Waals surface area contributed by atoms with E-state index in [1.807, 2.05) is 0 Å². The van der Waals surface area contributed by atoms with Crippen LogP contribution in [0.15, 0.2) is 146 Å². The number of aromatic hydroxyl groups is 2. The molecule has 144 heavy (non-hydrogen) atoms. The molecule has 8 aromatic carbocycles. The molecule has 26 nitrogen and oxygen atoms in total. The van der Waals surface area contributed by atoms with Crippen LogP contribution >= 0.6 is 0 Å². The lowest BCUT2D eigenvalue weighted by atomic mass is 9.96. The number of fused-ring (bicyclic) bond motifs is 16. The predicted octanol–water partition coefficient (Wildman–Crippen LogP) is 17.0. The zero-order valence-corrected chi connectivity index (χ0v) is 74.2. The summed E-state index contributed by atoms with van der Waals surface area (Å²) in [5.74, 6) is -39.5. The average molecular weight is 2010 g/mol. The zero-order chi connectivity index (χ0) is 103. The van der Waals surface area contributed by atoms with E-state index in [9.17, 15) is 71.5 Å². The number of phenols is 2. The van der Waals surface area contributed by atoms with Crippen LogP contribution in [-0.4, -0.2) is 189 Å². The quantitative estimate of drug-likeness (QED) is 0.0197. The molecule has 8 atom stereocenters. The summed E-state index contributed by atoms with van der Waals surface area (Å²) >= 11 is 0. The summed E-state index contributed by atoms with van der Waals surface area (Å²) in [5, 5.41) is 145. The van der Waals surface area contributed by atoms with Crippen LogP contribution in [0.5, 0.6) is 34.5 Å². The highest BCUT2D eigenvalue weighted by molar-refractivity contribution is 6.01. The number of aliphatic hydroxyl groups excluding tert-OH is 12. The highest BCUT2D eigenvalue weighted by Crippen LogP contribution is 2.53. The number of halogens is 16. The van der Waals surface area contributed by atoms with E-state index >= 15 is 70.2 Å². The van der Waals surface area contributed by atoms with E-state index in [-0.39, 0.29) is 112 Å². The third-order valence-electron chi connectivity index (χ3n) is 23.7. The zero-order valence-electron chi connectivity index (χ0n) is 74.2. The van der Waals surface area contributed by atoms with Crippen molar-refractivity contribution < 1.29 is 161 Å². The van der Waals surface area contributed by atoms with Crippen LogP contribution in [0, 0.1) is 107 Å². The molecule has 16 bridgehead atoms. The summed E-state index contributed by atoms with van der Waals surface area (Å²) in [4.78, 5) is 30.1. The van der Waals surface area contributed by atoms with Crippen molar-refractivity contribution in [2.75, 3.05) is 52.9 Å². The van der Waals surface area contributed by atoms with Crippen molar-refractivity contribution in [3.63, 3.8) is 0 Å². The van der Waals surface area contributed by atoms with Gasteiger partial charge in [0, 0.05) is 88.6 Å². The topological polar surface area (TPSA) is 435 Å². The van der Waals surface area contributed by atoms with Crippen molar-refractivity contribution in [3.8, 4) is 124 Å². The molecule has 18 N–H and O–H groups in total. The Hall–Kier alpha value is -15.3. The smallest absolute Gasteiger partial charge is 0.204 e. The van der Waals surface area contributed by atoms with Crippen LogP contribution in [-0.2, 0) is 0 Å². The monoisotopic (exact) mass is 2000 g/mol. The van der Waals surface area contributed by atoms with E-state index < -0.39 is 296 Å². The second-order valence-electron chi connectivity index (χ2n) is 33.4. The SMILES string of the molecule is Cc1cccc(-c2c3nc(c(-c4c(F)c(F)c(OCC(O)CO)c(F)c4F)c4ccc([nH]4)c(-c4cccc(O)c4)c4nc(c(-c5c(F)c(F)c(OCC(O)CO)c(F)c5F)c5ccc2[nH]5)C=C4)[C@@H](O)[C@@H]3O)c1.Cc1cccc(-c2c3nc(c(-c4c(F)c(F)c(OCC(O)CO)c(F)c4F)c4ccc([nH]4)c(-c4cccc(O)c4)c4nc(c(-c5c(F)c(F)c(OCC(O)CO)c(F)c5F)c5ccc2[nH]5)C=C4)[C@@H](O)[C@H]3O)c1. The van der Waals surface area contributed by atoms with E-state index in [1.54, 1.807) is 50.2 Å². The van der Waals surface area contributed by atoms with E-state index in [4.69, 9.17) is 18.9 Å². The van der Waals surface area contributed by atoms with Gasteiger partial charge in [0.2, 0.25) is 46.5 Å². The molecule has 10 heterocycles. The van der Waals surface area contributed by atoms with Crippen LogP contribution in [0.2, 0.25) is 0 Å². The molecule has 744 valence electrons. The number of aromatic nitrogens is 8. The number of aromatic amines is 4. The van der Waals surface area contributed by atoms with Crippen LogP contribution in [0.1, 0.15) is 81.1 Å². The summed E-state index contributed by atoms with van der Waals surface area (Å²) in [7, 11) is 0. The number of hydrogen-bond donors (Lipinski definition) is 18. The van der Waals surface area contributed by atoms with Gasteiger partial charge in [0.1, 0.15) is 86.8 Å². The van der Waals surface area contributed by atoms with Gasteiger partial charge in [0.05, 0.1) is 94.2 Å². The number of aryl methyl sites for hydroxylation is 2. The van der Waals surface area contributed by atoms with Crippen LogP contribution in [0.3, 0.4) is 0 Å². The van der Waals surface area contributed by atoms with Crippen molar-refractivity contribution in [2.45, 2.75) is 62.7 Å². The Kier molecular flexibility index (Phi) is 28.2. The number of aliphatic hydroxyl groups is 12. The molecule has 0 fully saturated rings. The fourth-order valence-corrected chi connectivity index (χ4v) is 17.0. The minimum Gasteiger partial charge on any atom is -0.508 e. The molecule has 18 rings (SSSR count). The van der Waals surface area contributed by atoms with Crippen molar-refractivity contribution in [3.05, 3.63) is 295 Å². The minimum absolute atomic E-state index is 0.0200. The van der Waals surface area contributed by atoms with Crippen LogP contribution in [0.25, 0.3) is 157 Å². The number of nitrogens with zero attached hydrogens (tertiary/aromatic N) is 4. The maximum absolute atomic E-state index is 16.7. The molecule has 0 spiro atoms. The van der Waals surface area contributed by atoms with Gasteiger partial charge in [0.25, 0.3) is 0 Å². The number of rotatable bonds is 24. The fourth-order valence-electron chi connectivity index (χ4n) is 17.0. The van der Waals surface area contributed by atoms with Crippen molar-refractivity contribution >= 4 is 68.4 Å². The number of phenolic OH excluding ortho intramolecular Hbond substituents is 2. The molecular formula is C102H76F16N8O18. The van der Waals surface area contributed by atoms with Gasteiger partial charge in [-0.3, -0.25) is 9.97 Å². The molecule has 6 aromatic heterocycles. The third-order valence-corrected chi connectivity index (χ3v) is 23.7. The normalized spacial score (nSPS) is 15.3. The number of benzene rings is 8. The fraction of sp³-hybridized carbons (Fsp3) is 0.176. The predicted molar refractivity (Wildman–Crippen MR) is 490 cm³/mol. The molecule has 0 radical (unpaired) electrons. The average Bonchev–Trinajstić information content (AvgIpc) is 1.58. The molecule has 4 aliphatic rings. The number of ether oxygens (including phenoxy) is 4. The lowest BCUT2D eigenvalue weighted by Crippen LogP contribution is -2.22. The first-order valence-corrected chi connectivity index (χ1v) is 43.4. The first-order chi connectivity index (χ1) is 68.9. The summed E-state index contributed by atoms with van der Waals surface area (Å²) in [5.41, 5.74) is -11.2. The largest absolute Gasteiger partial charge is 0.508 e. The molecule has 0 saturated heterocycles. The number of H-pyrrole nitrogens is 4. The number of nitrogens with one attached hydrogen (secondary N) is 4. The summed E-state index contributed by atoms with van der Waals surface area (Å²) in [6.45, 7) is -4.23. The molecule has 42 heteroatoms. The minimum atomic E-state index is -2.24. The second kappa shape index (κ2) is 40.6. The highest BCUT2D eigenvalue weighted by atomic mass is 19.2. The lowest BCUT2D eigenvalue weighted by molar-refractivity contribution is 0.0259. The highest BCUT2D eigenvalue weighted by Gasteiger charge is 2.43. The molecule has 0 saturated carbocycles. The van der Waals surface area contributed by atoms with Gasteiger partial charge in [-0.15, -0.1) is 0 Å². The maximum atomic E-state index is 16.7. The molecular weight excluding hydrogens is 1930 g/mol. The molecule has 14 aromatic rings. The van der Waals surface area contributed by atoms with Gasteiger partial charge in [-0.05, 0) is 133 Å². The van der Waals surface area contributed by atoms with Crippen LogP contribution in [0.4, 0.5) is 70.2 Å². The van der Waals surface area contributed by atoms with Gasteiger partial charge >= 0.3 is 0 Å². The maximum Gasteiger partial charge on any atom is 0.204 e. The summed E-state index contributed by atoms with van der Waals surface area (Å²) in [6.07, 6.45) is -10.4. The van der Waals surface area contributed by atoms with Crippen molar-refractivity contribution in [1.82, 2.24) is 39.9 Å². The van der Waals surface area contributed by atoms with Gasteiger partial charge < -0.3 is 110 Å². The lowest BCUT2D eigenvalue weighted by Gasteiger charge is -2.16. The standard InChI is InChI=1S/2C51H38F8N4O9/c2*1-20-4-2-5-21(14-20)33-28-10-12-30(62-28)34(36-38(52)42(56)50(43(57)39(36)53)71-18-24(67)16-64)29-11-8-26(60-29)32(22-6-3-7-23(66)15-22)27-9-13-31(61-27)35(47-49(70)48(69)46(33)63-47)37-40(54)44(58)51(45(59)41(37)55)72-19-25(68)17-65/h2*2-15,24-25,48-49,61-62,64-70H,16-19H2,1H3/t24?,25?,48-,49+;24?,25?,48-,49-/m01/s1.